The predicted molar refractivity (Wildman–Crippen MR) is 49.1 cm³/mol. The third kappa shape index (κ3) is 8.02. The van der Waals surface area contributed by atoms with Crippen molar-refractivity contribution in [3.05, 3.63) is 0 Å². The number of rotatable bonds is 6. The van der Waals surface area contributed by atoms with Gasteiger partial charge in [-0.1, -0.05) is 0 Å². The molecule has 0 saturated carbocycles. The maximum atomic E-state index is 10.4. The SMILES string of the molecule is COCCOCC(C)(C)OC(=O)Cl. The largest absolute Gasteiger partial charge is 0.445 e. The van der Waals surface area contributed by atoms with Gasteiger partial charge >= 0.3 is 5.43 Å². The first-order chi connectivity index (χ1) is 5.98. The van der Waals surface area contributed by atoms with E-state index in [1.54, 1.807) is 21.0 Å². The lowest BCUT2D eigenvalue weighted by molar-refractivity contribution is -0.0349. The zero-order valence-corrected chi connectivity index (χ0v) is 8.89. The molecule has 0 aliphatic carbocycles. The Balaban J connectivity index is 3.56. The third-order valence-electron chi connectivity index (χ3n) is 1.24. The highest BCUT2D eigenvalue weighted by Crippen LogP contribution is 2.11. The minimum absolute atomic E-state index is 0.300. The quantitative estimate of drug-likeness (QED) is 0.496. The second-order valence-corrected chi connectivity index (χ2v) is 3.45. The van der Waals surface area contributed by atoms with Crippen molar-refractivity contribution in [2.45, 2.75) is 19.4 Å². The normalized spacial score (nSPS) is 11.4. The molecule has 5 heteroatoms. The molecule has 0 saturated heterocycles. The van der Waals surface area contributed by atoms with E-state index in [-0.39, 0.29) is 0 Å². The summed E-state index contributed by atoms with van der Waals surface area (Å²) < 4.78 is 14.7. The molecule has 0 bridgehead atoms. The van der Waals surface area contributed by atoms with E-state index in [9.17, 15) is 4.79 Å². The molecule has 0 atom stereocenters. The molecular weight excluding hydrogens is 196 g/mol. The molecule has 0 unspecified atom stereocenters. The number of halogens is 1. The van der Waals surface area contributed by atoms with Crippen molar-refractivity contribution in [2.24, 2.45) is 0 Å². The van der Waals surface area contributed by atoms with E-state index in [1.807, 2.05) is 0 Å². The van der Waals surface area contributed by atoms with Crippen molar-refractivity contribution in [3.63, 3.8) is 0 Å². The van der Waals surface area contributed by atoms with Gasteiger partial charge in [-0.15, -0.1) is 0 Å². The topological polar surface area (TPSA) is 44.8 Å². The summed E-state index contributed by atoms with van der Waals surface area (Å²) in [5.74, 6) is 0. The fourth-order valence-electron chi connectivity index (χ4n) is 0.707. The Kier molecular flexibility index (Phi) is 6.03. The van der Waals surface area contributed by atoms with Gasteiger partial charge in [-0.2, -0.15) is 0 Å². The van der Waals surface area contributed by atoms with Crippen LogP contribution in [-0.2, 0) is 14.2 Å². The minimum Gasteiger partial charge on any atom is -0.445 e. The van der Waals surface area contributed by atoms with Crippen molar-refractivity contribution in [2.75, 3.05) is 26.9 Å². The van der Waals surface area contributed by atoms with Crippen LogP contribution >= 0.6 is 11.6 Å². The van der Waals surface area contributed by atoms with Crippen LogP contribution in [0.4, 0.5) is 4.79 Å². The maximum Gasteiger partial charge on any atom is 0.404 e. The average Bonchev–Trinajstić information content (AvgIpc) is 1.95. The van der Waals surface area contributed by atoms with E-state index in [0.29, 0.717) is 19.8 Å². The van der Waals surface area contributed by atoms with E-state index in [0.717, 1.165) is 0 Å². The van der Waals surface area contributed by atoms with Gasteiger partial charge in [0.05, 0.1) is 19.8 Å². The molecule has 78 valence electrons. The molecule has 0 aromatic heterocycles. The Morgan fingerprint density at radius 2 is 2.00 bits per heavy atom. The van der Waals surface area contributed by atoms with Gasteiger partial charge in [0.25, 0.3) is 0 Å². The van der Waals surface area contributed by atoms with Gasteiger partial charge in [-0.3, -0.25) is 0 Å². The Morgan fingerprint density at radius 1 is 1.38 bits per heavy atom. The molecule has 13 heavy (non-hydrogen) atoms. The first-order valence-corrected chi connectivity index (χ1v) is 4.31. The van der Waals surface area contributed by atoms with Gasteiger partial charge in [-0.25, -0.2) is 4.79 Å². The first kappa shape index (κ1) is 12.7. The Morgan fingerprint density at radius 3 is 2.46 bits per heavy atom. The fourth-order valence-corrected chi connectivity index (χ4v) is 0.916. The lowest BCUT2D eigenvalue weighted by atomic mass is 10.1. The second-order valence-electron chi connectivity index (χ2n) is 3.14. The fraction of sp³-hybridized carbons (Fsp3) is 0.875. The van der Waals surface area contributed by atoms with Crippen LogP contribution in [0.1, 0.15) is 13.8 Å². The summed E-state index contributed by atoms with van der Waals surface area (Å²) in [5, 5.41) is 0. The summed E-state index contributed by atoms with van der Waals surface area (Å²) >= 11 is 5.06. The highest BCUT2D eigenvalue weighted by molar-refractivity contribution is 6.61. The van der Waals surface area contributed by atoms with Crippen molar-refractivity contribution in [1.29, 1.82) is 0 Å². The Labute approximate surface area is 83.1 Å². The van der Waals surface area contributed by atoms with Crippen LogP contribution in [0.2, 0.25) is 0 Å². The molecule has 0 amide bonds. The van der Waals surface area contributed by atoms with Gasteiger partial charge in [0.2, 0.25) is 0 Å². The molecule has 0 aliphatic rings. The summed E-state index contributed by atoms with van der Waals surface area (Å²) in [6.45, 7) is 4.74. The summed E-state index contributed by atoms with van der Waals surface area (Å²) in [4.78, 5) is 10.4. The van der Waals surface area contributed by atoms with Crippen LogP contribution in [0.5, 0.6) is 0 Å². The molecule has 4 nitrogen and oxygen atoms in total. The van der Waals surface area contributed by atoms with E-state index < -0.39 is 11.0 Å². The monoisotopic (exact) mass is 210 g/mol. The zero-order valence-electron chi connectivity index (χ0n) is 8.13. The van der Waals surface area contributed by atoms with Crippen LogP contribution in [0.25, 0.3) is 0 Å². The first-order valence-electron chi connectivity index (χ1n) is 3.93. The van der Waals surface area contributed by atoms with Crippen molar-refractivity contribution in [3.8, 4) is 0 Å². The smallest absolute Gasteiger partial charge is 0.404 e. The van der Waals surface area contributed by atoms with Crippen molar-refractivity contribution in [1.82, 2.24) is 0 Å². The summed E-state index contributed by atoms with van der Waals surface area (Å²) in [7, 11) is 1.59. The lowest BCUT2D eigenvalue weighted by Crippen LogP contribution is -2.32. The van der Waals surface area contributed by atoms with Crippen molar-refractivity contribution >= 4 is 17.0 Å². The highest BCUT2D eigenvalue weighted by Gasteiger charge is 2.22. The second kappa shape index (κ2) is 6.18. The van der Waals surface area contributed by atoms with E-state index in [4.69, 9.17) is 25.8 Å². The van der Waals surface area contributed by atoms with E-state index in [1.165, 1.54) is 0 Å². The van der Waals surface area contributed by atoms with Gasteiger partial charge in [0, 0.05) is 18.7 Å². The molecule has 0 aromatic rings. The van der Waals surface area contributed by atoms with Gasteiger partial charge in [-0.05, 0) is 13.8 Å². The van der Waals surface area contributed by atoms with E-state index >= 15 is 0 Å². The number of carbonyl (C=O) groups excluding carboxylic acids is 1. The average molecular weight is 211 g/mol. The molecule has 0 aliphatic heterocycles. The van der Waals surface area contributed by atoms with Crippen LogP contribution in [0.3, 0.4) is 0 Å². The summed E-state index contributed by atoms with van der Waals surface area (Å²) in [5.41, 5.74) is -1.51. The molecule has 0 spiro atoms. The number of ether oxygens (including phenoxy) is 3. The van der Waals surface area contributed by atoms with Crippen LogP contribution in [0.15, 0.2) is 0 Å². The van der Waals surface area contributed by atoms with Crippen molar-refractivity contribution < 1.29 is 19.0 Å². The lowest BCUT2D eigenvalue weighted by Gasteiger charge is -2.23. The number of hydrogen-bond acceptors (Lipinski definition) is 4. The Bertz CT molecular complexity index is 158. The van der Waals surface area contributed by atoms with Crippen LogP contribution < -0.4 is 0 Å². The standard InChI is InChI=1S/C8H15ClO4/c1-8(2,13-7(9)10)6-12-5-4-11-3/h4-6H2,1-3H3. The van der Waals surface area contributed by atoms with Gasteiger partial charge in [0.1, 0.15) is 5.60 Å². The summed E-state index contributed by atoms with van der Waals surface area (Å²) in [6.07, 6.45) is 0. The third-order valence-corrected chi connectivity index (χ3v) is 1.32. The van der Waals surface area contributed by atoms with Gasteiger partial charge < -0.3 is 14.2 Å². The molecule has 0 aromatic carbocycles. The summed E-state index contributed by atoms with van der Waals surface area (Å²) in [6, 6.07) is 0. The minimum atomic E-state index is -0.819. The number of methoxy groups -OCH3 is 1. The van der Waals surface area contributed by atoms with Crippen LogP contribution in [-0.4, -0.2) is 38.0 Å². The molecule has 0 rings (SSSR count). The molecule has 0 heterocycles. The van der Waals surface area contributed by atoms with Crippen LogP contribution in [0, 0.1) is 0 Å². The Hall–Kier alpha value is -0.320. The van der Waals surface area contributed by atoms with E-state index in [2.05, 4.69) is 0 Å². The molecular formula is C8H15ClO4. The maximum absolute atomic E-state index is 10.4. The highest BCUT2D eigenvalue weighted by atomic mass is 35.5. The van der Waals surface area contributed by atoms with Gasteiger partial charge in [0.15, 0.2) is 0 Å². The predicted octanol–water partition coefficient (Wildman–Crippen LogP) is 1.80. The number of carbonyl (C=O) groups is 1. The number of hydrogen-bond donors (Lipinski definition) is 0. The zero-order chi connectivity index (χ0) is 10.3. The molecule has 0 N–H and O–H groups in total. The molecule has 0 fully saturated rings. The molecule has 0 radical (unpaired) electrons.